The minimum Gasteiger partial charge on any atom is -0.332 e. The van der Waals surface area contributed by atoms with Crippen molar-refractivity contribution in [3.8, 4) is 0 Å². The molecule has 2 aromatic carbocycles. The Hall–Kier alpha value is -2.91. The third-order valence-corrected chi connectivity index (χ3v) is 6.96. The van der Waals surface area contributed by atoms with Crippen molar-refractivity contribution >= 4 is 52.4 Å². The molecule has 2 heterocycles. The number of amides is 2. The van der Waals surface area contributed by atoms with E-state index in [2.05, 4.69) is 10.3 Å². The number of nitrogens with zero attached hydrogens (tertiary/aromatic N) is 2. The first kappa shape index (κ1) is 21.3. The van der Waals surface area contributed by atoms with Crippen LogP contribution in [0.3, 0.4) is 0 Å². The van der Waals surface area contributed by atoms with Crippen molar-refractivity contribution in [3.05, 3.63) is 68.2 Å². The van der Waals surface area contributed by atoms with Gasteiger partial charge in [-0.2, -0.15) is 0 Å². The lowest BCUT2D eigenvalue weighted by Gasteiger charge is -2.23. The second kappa shape index (κ2) is 8.32. The number of carbonyl (C=O) groups excluding carboxylic acids is 2. The summed E-state index contributed by atoms with van der Waals surface area (Å²) in [5.41, 5.74) is 3.63. The summed E-state index contributed by atoms with van der Waals surface area (Å²) in [6.45, 7) is 4.01. The molecule has 0 aliphatic carbocycles. The molecule has 4 rings (SSSR count). The third-order valence-electron chi connectivity index (χ3n) is 5.57. The van der Waals surface area contributed by atoms with Crippen LogP contribution in [0.4, 0.5) is 5.69 Å². The number of aromatic amines is 1. The lowest BCUT2D eigenvalue weighted by molar-refractivity contribution is -0.119. The van der Waals surface area contributed by atoms with Gasteiger partial charge >= 0.3 is 0 Å². The molecule has 160 valence electrons. The quantitative estimate of drug-likeness (QED) is 0.593. The summed E-state index contributed by atoms with van der Waals surface area (Å²) in [4.78, 5) is 43.0. The molecule has 1 aliphatic heterocycles. The third kappa shape index (κ3) is 4.03. The molecule has 1 aliphatic rings. The van der Waals surface area contributed by atoms with E-state index < -0.39 is 6.04 Å². The number of hydrogen-bond acceptors (Lipinski definition) is 5. The summed E-state index contributed by atoms with van der Waals surface area (Å²) in [5, 5.41) is 3.38. The lowest BCUT2D eigenvalue weighted by atomic mass is 10.1. The van der Waals surface area contributed by atoms with Crippen LogP contribution >= 0.6 is 24.0 Å². The van der Waals surface area contributed by atoms with Gasteiger partial charge in [-0.3, -0.25) is 19.0 Å². The Labute approximate surface area is 188 Å². The molecular weight excluding hydrogens is 432 g/mol. The molecule has 1 aromatic heterocycles. The SMILES string of the molecule is Cc1ccc(NC(=O)C2CSCN2C(=O)c2ccc3c(=O)n(C)c(=S)[nH]c3c2)cc1C. The van der Waals surface area contributed by atoms with Gasteiger partial charge in [0.2, 0.25) is 5.91 Å². The smallest absolute Gasteiger partial charge is 0.261 e. The van der Waals surface area contributed by atoms with Crippen molar-refractivity contribution < 1.29 is 9.59 Å². The number of aromatic nitrogens is 2. The van der Waals surface area contributed by atoms with Gasteiger partial charge in [0, 0.05) is 24.1 Å². The number of H-pyrrole nitrogens is 1. The molecule has 0 radical (unpaired) electrons. The van der Waals surface area contributed by atoms with Crippen LogP contribution in [-0.2, 0) is 11.8 Å². The maximum atomic E-state index is 13.2. The summed E-state index contributed by atoms with van der Waals surface area (Å²) < 4.78 is 1.63. The summed E-state index contributed by atoms with van der Waals surface area (Å²) in [6, 6.07) is 10.0. The molecule has 31 heavy (non-hydrogen) atoms. The maximum Gasteiger partial charge on any atom is 0.261 e. The number of thioether (sulfide) groups is 1. The molecule has 1 fully saturated rings. The maximum absolute atomic E-state index is 13.2. The molecule has 1 unspecified atom stereocenters. The van der Waals surface area contributed by atoms with E-state index in [0.717, 1.165) is 11.1 Å². The van der Waals surface area contributed by atoms with Crippen LogP contribution < -0.4 is 10.9 Å². The first-order valence-electron chi connectivity index (χ1n) is 9.76. The van der Waals surface area contributed by atoms with Crippen molar-refractivity contribution in [2.75, 3.05) is 16.9 Å². The van der Waals surface area contributed by atoms with E-state index in [1.54, 1.807) is 30.1 Å². The molecule has 2 amide bonds. The van der Waals surface area contributed by atoms with E-state index in [-0.39, 0.29) is 22.1 Å². The number of anilines is 1. The zero-order valence-corrected chi connectivity index (χ0v) is 19.0. The molecule has 2 N–H and O–H groups in total. The highest BCUT2D eigenvalue weighted by molar-refractivity contribution is 7.99. The Morgan fingerprint density at radius 2 is 1.94 bits per heavy atom. The van der Waals surface area contributed by atoms with Crippen LogP contribution in [-0.4, -0.2) is 43.9 Å². The first-order valence-corrected chi connectivity index (χ1v) is 11.3. The summed E-state index contributed by atoms with van der Waals surface area (Å²) in [5.74, 6) is 0.482. The van der Waals surface area contributed by atoms with Gasteiger partial charge in [0.05, 0.1) is 16.8 Å². The van der Waals surface area contributed by atoms with Crippen LogP contribution in [0.25, 0.3) is 10.9 Å². The van der Waals surface area contributed by atoms with Crippen molar-refractivity contribution in [3.63, 3.8) is 0 Å². The Balaban J connectivity index is 1.59. The van der Waals surface area contributed by atoms with Gasteiger partial charge in [-0.25, -0.2) is 0 Å². The predicted molar refractivity (Wildman–Crippen MR) is 126 cm³/mol. The van der Waals surface area contributed by atoms with Crippen molar-refractivity contribution in [2.24, 2.45) is 7.05 Å². The minimum absolute atomic E-state index is 0.212. The summed E-state index contributed by atoms with van der Waals surface area (Å²) in [7, 11) is 1.60. The van der Waals surface area contributed by atoms with Crippen LogP contribution in [0, 0.1) is 18.6 Å². The van der Waals surface area contributed by atoms with E-state index >= 15 is 0 Å². The number of carbonyl (C=O) groups is 2. The predicted octanol–water partition coefficient (Wildman–Crippen LogP) is 3.37. The van der Waals surface area contributed by atoms with E-state index in [1.165, 1.54) is 16.3 Å². The second-order valence-corrected chi connectivity index (χ2v) is 9.02. The molecule has 1 atom stereocenters. The van der Waals surface area contributed by atoms with Gasteiger partial charge in [-0.05, 0) is 67.5 Å². The molecule has 1 saturated heterocycles. The zero-order chi connectivity index (χ0) is 22.3. The number of benzene rings is 2. The highest BCUT2D eigenvalue weighted by Gasteiger charge is 2.35. The Morgan fingerprint density at radius 3 is 2.68 bits per heavy atom. The minimum atomic E-state index is -0.572. The van der Waals surface area contributed by atoms with Crippen molar-refractivity contribution in [1.82, 2.24) is 14.5 Å². The first-order chi connectivity index (χ1) is 14.8. The fraction of sp³-hybridized carbons (Fsp3) is 0.273. The van der Waals surface area contributed by atoms with Gasteiger partial charge < -0.3 is 15.2 Å². The van der Waals surface area contributed by atoms with Gasteiger partial charge in [0.1, 0.15) is 6.04 Å². The zero-order valence-electron chi connectivity index (χ0n) is 17.4. The number of fused-ring (bicyclic) bond motifs is 1. The standard InChI is InChI=1S/C22H22N4O3S2/c1-12-4-6-15(8-13(12)2)23-19(27)18-10-31-11-26(18)20(28)14-5-7-16-17(9-14)24-22(30)25(3)21(16)29/h4-9,18H,10-11H2,1-3H3,(H,23,27)(H,24,30). The van der Waals surface area contributed by atoms with E-state index in [0.29, 0.717) is 33.8 Å². The van der Waals surface area contributed by atoms with Crippen molar-refractivity contribution in [2.45, 2.75) is 19.9 Å². The summed E-state index contributed by atoms with van der Waals surface area (Å²) >= 11 is 6.71. The van der Waals surface area contributed by atoms with Crippen molar-refractivity contribution in [1.29, 1.82) is 0 Å². The van der Waals surface area contributed by atoms with Crippen LogP contribution in [0.1, 0.15) is 21.5 Å². The van der Waals surface area contributed by atoms with E-state index in [1.807, 2.05) is 32.0 Å². The fourth-order valence-electron chi connectivity index (χ4n) is 3.51. The number of aryl methyl sites for hydroxylation is 2. The highest BCUT2D eigenvalue weighted by Crippen LogP contribution is 2.25. The number of rotatable bonds is 3. The van der Waals surface area contributed by atoms with Gasteiger partial charge in [-0.1, -0.05) is 6.07 Å². The van der Waals surface area contributed by atoms with Gasteiger partial charge in [0.25, 0.3) is 11.5 Å². The van der Waals surface area contributed by atoms with Gasteiger partial charge in [-0.15, -0.1) is 11.8 Å². The Morgan fingerprint density at radius 1 is 1.16 bits per heavy atom. The normalized spacial score (nSPS) is 16.0. The molecule has 0 saturated carbocycles. The molecule has 0 bridgehead atoms. The number of nitrogens with one attached hydrogen (secondary N) is 2. The van der Waals surface area contributed by atoms with Crippen LogP contribution in [0.5, 0.6) is 0 Å². The lowest BCUT2D eigenvalue weighted by Crippen LogP contribution is -2.44. The average molecular weight is 455 g/mol. The highest BCUT2D eigenvalue weighted by atomic mass is 32.2. The number of hydrogen-bond donors (Lipinski definition) is 2. The van der Waals surface area contributed by atoms with Gasteiger partial charge in [0.15, 0.2) is 4.77 Å². The second-order valence-electron chi connectivity index (χ2n) is 7.63. The average Bonchev–Trinajstić information content (AvgIpc) is 3.24. The van der Waals surface area contributed by atoms with Crippen LogP contribution in [0.2, 0.25) is 0 Å². The van der Waals surface area contributed by atoms with E-state index in [9.17, 15) is 14.4 Å². The largest absolute Gasteiger partial charge is 0.332 e. The molecule has 7 nitrogen and oxygen atoms in total. The monoisotopic (exact) mass is 454 g/mol. The molecule has 9 heteroatoms. The molecular formula is C22H22N4O3S2. The Kier molecular flexibility index (Phi) is 5.72. The summed E-state index contributed by atoms with van der Waals surface area (Å²) in [6.07, 6.45) is 0. The molecule has 0 spiro atoms. The topological polar surface area (TPSA) is 87.2 Å². The van der Waals surface area contributed by atoms with E-state index in [4.69, 9.17) is 12.2 Å². The Bertz CT molecular complexity index is 1330. The molecule has 3 aromatic rings. The van der Waals surface area contributed by atoms with Crippen LogP contribution in [0.15, 0.2) is 41.2 Å². The fourth-order valence-corrected chi connectivity index (χ4v) is 4.86.